The van der Waals surface area contributed by atoms with Crippen LogP contribution in [0.4, 0.5) is 5.69 Å². The maximum Gasteiger partial charge on any atom is 0.191 e. The van der Waals surface area contributed by atoms with Gasteiger partial charge in [-0.15, -0.1) is 24.0 Å². The van der Waals surface area contributed by atoms with E-state index < -0.39 is 0 Å². The van der Waals surface area contributed by atoms with Gasteiger partial charge in [0.1, 0.15) is 0 Å². The topological polar surface area (TPSA) is 58.1 Å². The Morgan fingerprint density at radius 2 is 1.83 bits per heavy atom. The molecule has 0 spiro atoms. The van der Waals surface area contributed by atoms with Crippen LogP contribution in [-0.2, 0) is 16.0 Å². The minimum atomic E-state index is 0. The Morgan fingerprint density at radius 3 is 2.52 bits per heavy atom. The van der Waals surface area contributed by atoms with Gasteiger partial charge in [0.15, 0.2) is 5.96 Å². The molecule has 0 unspecified atom stereocenters. The second-order valence-corrected chi connectivity index (χ2v) is 7.60. The smallest absolute Gasteiger partial charge is 0.191 e. The summed E-state index contributed by atoms with van der Waals surface area (Å²) in [7, 11) is 1.81. The fraction of sp³-hybridized carbons (Fsp3) is 0.682. The lowest BCUT2D eigenvalue weighted by Gasteiger charge is -2.28. The van der Waals surface area contributed by atoms with Crippen LogP contribution < -0.4 is 15.5 Å². The van der Waals surface area contributed by atoms with Gasteiger partial charge in [0.2, 0.25) is 0 Å². The van der Waals surface area contributed by atoms with Crippen molar-refractivity contribution in [1.82, 2.24) is 10.6 Å². The molecule has 2 aliphatic rings. The molecule has 1 heterocycles. The highest BCUT2D eigenvalue weighted by Gasteiger charge is 2.13. The molecule has 1 saturated heterocycles. The van der Waals surface area contributed by atoms with Crippen molar-refractivity contribution in [3.8, 4) is 0 Å². The molecule has 6 nitrogen and oxygen atoms in total. The van der Waals surface area contributed by atoms with Gasteiger partial charge in [0.25, 0.3) is 0 Å². The number of hydrogen-bond donors (Lipinski definition) is 2. The summed E-state index contributed by atoms with van der Waals surface area (Å²) in [6.07, 6.45) is 8.00. The molecule has 7 heteroatoms. The molecule has 2 fully saturated rings. The zero-order chi connectivity index (χ0) is 19.4. The molecule has 0 atom stereocenters. The largest absolute Gasteiger partial charge is 0.378 e. The second-order valence-electron chi connectivity index (χ2n) is 7.60. The normalized spacial score (nSPS) is 18.2. The zero-order valence-electron chi connectivity index (χ0n) is 17.7. The molecule has 2 N–H and O–H groups in total. The zero-order valence-corrected chi connectivity index (χ0v) is 20.0. The van der Waals surface area contributed by atoms with Crippen molar-refractivity contribution in [2.45, 2.75) is 51.2 Å². The lowest BCUT2D eigenvalue weighted by molar-refractivity contribution is 0.0277. The van der Waals surface area contributed by atoms with Gasteiger partial charge in [-0.25, -0.2) is 0 Å². The minimum absolute atomic E-state index is 0. The van der Waals surface area contributed by atoms with E-state index in [0.29, 0.717) is 6.10 Å². The average molecular weight is 516 g/mol. The molecule has 1 aliphatic heterocycles. The highest BCUT2D eigenvalue weighted by Crippen LogP contribution is 2.20. The Balaban J connectivity index is 0.00000300. The molecular formula is C22H37IN4O2. The fourth-order valence-corrected chi connectivity index (χ4v) is 3.81. The molecule has 3 rings (SSSR count). The van der Waals surface area contributed by atoms with Crippen molar-refractivity contribution < 1.29 is 9.47 Å². The van der Waals surface area contributed by atoms with E-state index in [9.17, 15) is 0 Å². The quantitative estimate of drug-likeness (QED) is 0.240. The number of ether oxygens (including phenoxy) is 2. The third kappa shape index (κ3) is 8.68. The number of nitrogens with zero attached hydrogens (tertiary/aromatic N) is 2. The van der Waals surface area contributed by atoms with E-state index in [1.165, 1.54) is 43.4 Å². The summed E-state index contributed by atoms with van der Waals surface area (Å²) in [5.74, 6) is 0.843. The van der Waals surface area contributed by atoms with Crippen molar-refractivity contribution in [3.05, 3.63) is 29.8 Å². The number of morpholine rings is 1. The third-order valence-electron chi connectivity index (χ3n) is 5.52. The Morgan fingerprint density at radius 1 is 1.10 bits per heavy atom. The maximum atomic E-state index is 5.98. The lowest BCUT2D eigenvalue weighted by atomic mass is 9.98. The van der Waals surface area contributed by atoms with Crippen molar-refractivity contribution in [2.24, 2.45) is 4.99 Å². The van der Waals surface area contributed by atoms with Gasteiger partial charge >= 0.3 is 0 Å². The van der Waals surface area contributed by atoms with E-state index in [2.05, 4.69) is 44.8 Å². The first kappa shape index (κ1) is 24.2. The Bertz CT molecular complexity index is 585. The first-order valence-electron chi connectivity index (χ1n) is 10.8. The van der Waals surface area contributed by atoms with E-state index in [4.69, 9.17) is 9.47 Å². The predicted molar refractivity (Wildman–Crippen MR) is 131 cm³/mol. The Kier molecular flexibility index (Phi) is 11.7. The highest BCUT2D eigenvalue weighted by atomic mass is 127. The Hall–Kier alpha value is -1.06. The van der Waals surface area contributed by atoms with E-state index in [1.807, 2.05) is 7.05 Å². The summed E-state index contributed by atoms with van der Waals surface area (Å²) in [4.78, 5) is 6.68. The van der Waals surface area contributed by atoms with Crippen molar-refractivity contribution >= 4 is 35.6 Å². The van der Waals surface area contributed by atoms with E-state index in [-0.39, 0.29) is 24.0 Å². The van der Waals surface area contributed by atoms with Gasteiger partial charge in [-0.1, -0.05) is 31.4 Å². The van der Waals surface area contributed by atoms with E-state index in [1.54, 1.807) is 0 Å². The number of benzene rings is 1. The lowest BCUT2D eigenvalue weighted by Crippen LogP contribution is -2.37. The van der Waals surface area contributed by atoms with Crippen LogP contribution in [0.15, 0.2) is 29.3 Å². The molecule has 1 aromatic carbocycles. The number of halogens is 1. The SMILES string of the molecule is CN=C(NCCCOC1CCCCC1)NCc1ccc(N2CCOCC2)cc1.I. The Labute approximate surface area is 192 Å². The summed E-state index contributed by atoms with van der Waals surface area (Å²) in [5.41, 5.74) is 2.52. The van der Waals surface area contributed by atoms with E-state index in [0.717, 1.165) is 58.4 Å². The van der Waals surface area contributed by atoms with Gasteiger partial charge in [-0.2, -0.15) is 0 Å². The first-order valence-corrected chi connectivity index (χ1v) is 10.8. The highest BCUT2D eigenvalue weighted by molar-refractivity contribution is 14.0. The van der Waals surface area contributed by atoms with Gasteiger partial charge in [0.05, 0.1) is 19.3 Å². The minimum Gasteiger partial charge on any atom is -0.378 e. The summed E-state index contributed by atoms with van der Waals surface area (Å²) in [6, 6.07) is 8.76. The number of guanidine groups is 1. The van der Waals surface area contributed by atoms with Gasteiger partial charge in [0, 0.05) is 45.5 Å². The third-order valence-corrected chi connectivity index (χ3v) is 5.52. The van der Waals surface area contributed by atoms with Crippen LogP contribution >= 0.6 is 24.0 Å². The summed E-state index contributed by atoms with van der Waals surface area (Å²) >= 11 is 0. The van der Waals surface area contributed by atoms with Crippen LogP contribution in [0.5, 0.6) is 0 Å². The molecule has 1 aliphatic carbocycles. The number of aliphatic imine (C=N–C) groups is 1. The monoisotopic (exact) mass is 516 g/mol. The van der Waals surface area contributed by atoms with Crippen LogP contribution in [-0.4, -0.2) is 58.6 Å². The van der Waals surface area contributed by atoms with Crippen molar-refractivity contribution in [3.63, 3.8) is 0 Å². The van der Waals surface area contributed by atoms with Gasteiger partial charge < -0.3 is 25.0 Å². The van der Waals surface area contributed by atoms with E-state index >= 15 is 0 Å². The predicted octanol–water partition coefficient (Wildman–Crippen LogP) is 3.55. The van der Waals surface area contributed by atoms with Gasteiger partial charge in [-0.3, -0.25) is 4.99 Å². The van der Waals surface area contributed by atoms with Gasteiger partial charge in [-0.05, 0) is 37.0 Å². The van der Waals surface area contributed by atoms with Crippen molar-refractivity contribution in [1.29, 1.82) is 0 Å². The fourth-order valence-electron chi connectivity index (χ4n) is 3.81. The molecule has 0 bridgehead atoms. The molecule has 0 aromatic heterocycles. The standard InChI is InChI=1S/C22H36N4O2.HI/c1-23-22(24-12-5-15-28-21-6-3-2-4-7-21)25-18-19-8-10-20(11-9-19)26-13-16-27-17-14-26;/h8-11,21H,2-7,12-18H2,1H3,(H2,23,24,25);1H. The molecule has 0 amide bonds. The maximum absolute atomic E-state index is 5.98. The van der Waals surface area contributed by atoms with Crippen LogP contribution in [0.2, 0.25) is 0 Å². The van der Waals surface area contributed by atoms with Crippen LogP contribution in [0.25, 0.3) is 0 Å². The average Bonchev–Trinajstić information content (AvgIpc) is 2.77. The molecular weight excluding hydrogens is 479 g/mol. The molecule has 29 heavy (non-hydrogen) atoms. The molecule has 1 aromatic rings. The molecule has 0 radical (unpaired) electrons. The second kappa shape index (κ2) is 14.0. The number of hydrogen-bond acceptors (Lipinski definition) is 4. The van der Waals surface area contributed by atoms with Crippen LogP contribution in [0.3, 0.4) is 0 Å². The first-order chi connectivity index (χ1) is 13.8. The molecule has 1 saturated carbocycles. The summed E-state index contributed by atoms with van der Waals surface area (Å²) in [6.45, 7) is 6.05. The van der Waals surface area contributed by atoms with Crippen LogP contribution in [0.1, 0.15) is 44.1 Å². The summed E-state index contributed by atoms with van der Waals surface area (Å²) in [5, 5.41) is 6.77. The number of nitrogens with one attached hydrogen (secondary N) is 2. The van der Waals surface area contributed by atoms with Crippen LogP contribution in [0, 0.1) is 0 Å². The number of rotatable bonds is 8. The summed E-state index contributed by atoms with van der Waals surface area (Å²) < 4.78 is 11.4. The number of anilines is 1. The van der Waals surface area contributed by atoms with Crippen molar-refractivity contribution in [2.75, 3.05) is 51.4 Å². The molecule has 164 valence electrons.